The monoisotopic (exact) mass is 382 g/mol. The van der Waals surface area contributed by atoms with Crippen molar-refractivity contribution in [2.45, 2.75) is 6.92 Å². The van der Waals surface area contributed by atoms with Crippen LogP contribution in [-0.2, 0) is 11.3 Å². The second-order valence-electron chi connectivity index (χ2n) is 5.93. The zero-order valence-electron chi connectivity index (χ0n) is 14.3. The van der Waals surface area contributed by atoms with Gasteiger partial charge in [0, 0.05) is 6.07 Å². The van der Waals surface area contributed by atoms with E-state index in [1.807, 2.05) is 37.3 Å². The quantitative estimate of drug-likeness (QED) is 0.650. The Hall–Kier alpha value is -3.16. The maximum Gasteiger partial charge on any atom is 0.339 e. The van der Waals surface area contributed by atoms with Crippen LogP contribution in [0.25, 0.3) is 11.1 Å². The normalized spacial score (nSPS) is 11.8. The summed E-state index contributed by atoms with van der Waals surface area (Å²) in [6, 6.07) is 18.4. The summed E-state index contributed by atoms with van der Waals surface area (Å²) in [7, 11) is 0. The Morgan fingerprint density at radius 1 is 0.963 bits per heavy atom. The summed E-state index contributed by atoms with van der Waals surface area (Å²) in [4.78, 5) is 11.0. The lowest BCUT2D eigenvalue weighted by Crippen LogP contribution is -2.19. The Kier molecular flexibility index (Phi) is 5.25. The first-order valence-corrected chi connectivity index (χ1v) is 9.03. The van der Waals surface area contributed by atoms with E-state index in [1.165, 1.54) is 6.07 Å². The van der Waals surface area contributed by atoms with Gasteiger partial charge in [-0.1, -0.05) is 42.0 Å². The van der Waals surface area contributed by atoms with Crippen LogP contribution in [-0.4, -0.2) is 24.9 Å². The second kappa shape index (κ2) is 7.61. The van der Waals surface area contributed by atoms with Gasteiger partial charge in [0.1, 0.15) is 11.3 Å². The van der Waals surface area contributed by atoms with Crippen molar-refractivity contribution in [1.82, 2.24) is 0 Å². The summed E-state index contributed by atoms with van der Waals surface area (Å²) in [5, 5.41) is 18.9. The Balaban J connectivity index is 2.05. The highest BCUT2D eigenvalue weighted by Crippen LogP contribution is 2.33. The molecule has 0 aliphatic carbocycles. The van der Waals surface area contributed by atoms with Gasteiger partial charge in [-0.25, -0.2) is 4.79 Å². The van der Waals surface area contributed by atoms with Gasteiger partial charge in [-0.3, -0.25) is 8.51 Å². The molecule has 0 saturated heterocycles. The van der Waals surface area contributed by atoms with Gasteiger partial charge in [-0.15, -0.1) is 0 Å². The predicted molar refractivity (Wildman–Crippen MR) is 103 cm³/mol. The van der Waals surface area contributed by atoms with Crippen LogP contribution >= 0.6 is 0 Å². The van der Waals surface area contributed by atoms with Gasteiger partial charge < -0.3 is 14.8 Å². The van der Waals surface area contributed by atoms with E-state index in [-0.39, 0.29) is 11.3 Å². The molecule has 0 aromatic heterocycles. The molecule has 2 N–H and O–H groups in total. The van der Waals surface area contributed by atoms with Crippen LogP contribution in [0.1, 0.15) is 15.9 Å². The van der Waals surface area contributed by atoms with E-state index in [2.05, 4.69) is 0 Å². The molecule has 0 aliphatic heterocycles. The summed E-state index contributed by atoms with van der Waals surface area (Å²) in [6.07, 6.45) is 0. The van der Waals surface area contributed by atoms with Crippen LogP contribution < -0.4 is 4.31 Å². The molecule has 6 nitrogen and oxygen atoms in total. The molecule has 0 aliphatic rings. The number of rotatable bonds is 5. The predicted octanol–water partition coefficient (Wildman–Crippen LogP) is 4.00. The summed E-state index contributed by atoms with van der Waals surface area (Å²) in [6.45, 7) is 1.98. The Morgan fingerprint density at radius 2 is 1.63 bits per heavy atom. The molecule has 27 heavy (non-hydrogen) atoms. The Bertz CT molecular complexity index is 1020. The smallest absolute Gasteiger partial charge is 0.339 e. The standard InChI is InChI=1S/C20H17NO5S/c1-13-5-7-14(8-6-13)15-3-2-4-16(11-15)21(27(25)26)17-9-10-18(20(23)24)19(22)12-17/h2-12,22H,1H3,(H,23,24)(H,25,26)/p-1. The number of anilines is 2. The summed E-state index contributed by atoms with van der Waals surface area (Å²) >= 11 is -2.67. The van der Waals surface area contributed by atoms with Crippen LogP contribution in [0.4, 0.5) is 11.4 Å². The van der Waals surface area contributed by atoms with Crippen LogP contribution in [0.15, 0.2) is 66.7 Å². The number of aromatic hydroxyl groups is 1. The SMILES string of the molecule is Cc1ccc(-c2cccc(N(c3ccc(C(=O)O)c(O)c3)S(=O)[O-])c2)cc1. The molecule has 0 radical (unpaired) electrons. The first-order chi connectivity index (χ1) is 12.9. The molecule has 0 fully saturated rings. The maximum atomic E-state index is 11.9. The minimum atomic E-state index is -2.67. The number of aromatic carboxylic acids is 1. The average molecular weight is 382 g/mol. The number of benzene rings is 3. The van der Waals surface area contributed by atoms with Crippen molar-refractivity contribution in [3.8, 4) is 16.9 Å². The zero-order chi connectivity index (χ0) is 19.6. The number of carbonyl (C=O) groups is 1. The van der Waals surface area contributed by atoms with E-state index in [4.69, 9.17) is 5.11 Å². The number of carboxylic acid groups (broad SMARTS) is 1. The molecular formula is C20H16NO5S-. The molecule has 0 bridgehead atoms. The highest BCUT2D eigenvalue weighted by molar-refractivity contribution is 7.81. The van der Waals surface area contributed by atoms with Crippen LogP contribution in [0.2, 0.25) is 0 Å². The number of nitrogens with zero attached hydrogens (tertiary/aromatic N) is 1. The van der Waals surface area contributed by atoms with Crippen molar-refractivity contribution < 1.29 is 23.8 Å². The number of phenols is 1. The van der Waals surface area contributed by atoms with Gasteiger partial charge in [-0.05, 0) is 42.3 Å². The molecule has 7 heteroatoms. The zero-order valence-corrected chi connectivity index (χ0v) is 15.1. The topological polar surface area (TPSA) is 101 Å². The highest BCUT2D eigenvalue weighted by Gasteiger charge is 2.16. The minimum Gasteiger partial charge on any atom is -0.755 e. The molecular weight excluding hydrogens is 366 g/mol. The third-order valence-corrected chi connectivity index (χ3v) is 4.78. The van der Waals surface area contributed by atoms with Gasteiger partial charge >= 0.3 is 5.97 Å². The molecule has 0 heterocycles. The number of hydrogen-bond acceptors (Lipinski definition) is 4. The van der Waals surface area contributed by atoms with Crippen molar-refractivity contribution in [1.29, 1.82) is 0 Å². The Labute approximate surface area is 158 Å². The first-order valence-electron chi connectivity index (χ1n) is 8.00. The lowest BCUT2D eigenvalue weighted by Gasteiger charge is -2.27. The van der Waals surface area contributed by atoms with Crippen molar-refractivity contribution in [2.24, 2.45) is 0 Å². The van der Waals surface area contributed by atoms with Gasteiger partial charge in [0.05, 0.1) is 22.6 Å². The lowest BCUT2D eigenvalue weighted by atomic mass is 10.0. The van der Waals surface area contributed by atoms with Crippen LogP contribution in [0, 0.1) is 6.92 Å². The number of carboxylic acids is 1. The number of hydrogen-bond donors (Lipinski definition) is 2. The minimum absolute atomic E-state index is 0.131. The fourth-order valence-corrected chi connectivity index (χ4v) is 3.28. The van der Waals surface area contributed by atoms with Gasteiger partial charge in [0.25, 0.3) is 0 Å². The number of aryl methyl sites for hydroxylation is 1. The van der Waals surface area contributed by atoms with E-state index < -0.39 is 23.0 Å². The maximum absolute atomic E-state index is 11.9. The summed E-state index contributed by atoms with van der Waals surface area (Å²) in [5.41, 5.74) is 3.07. The van der Waals surface area contributed by atoms with E-state index in [1.54, 1.807) is 18.2 Å². The fraction of sp³-hybridized carbons (Fsp3) is 0.0500. The molecule has 1 unspecified atom stereocenters. The van der Waals surface area contributed by atoms with Crippen LogP contribution in [0.3, 0.4) is 0 Å². The summed E-state index contributed by atoms with van der Waals surface area (Å²) < 4.78 is 24.7. The molecule has 0 saturated carbocycles. The fourth-order valence-electron chi connectivity index (χ4n) is 2.71. The second-order valence-corrected chi connectivity index (χ2v) is 6.73. The third kappa shape index (κ3) is 3.99. The molecule has 138 valence electrons. The lowest BCUT2D eigenvalue weighted by molar-refractivity contribution is 0.0694. The molecule has 0 spiro atoms. The Morgan fingerprint density at radius 3 is 2.22 bits per heavy atom. The molecule has 3 aromatic rings. The molecule has 1 atom stereocenters. The van der Waals surface area contributed by atoms with E-state index in [0.29, 0.717) is 5.69 Å². The van der Waals surface area contributed by atoms with Gasteiger partial charge in [0.2, 0.25) is 0 Å². The first kappa shape index (κ1) is 18.6. The largest absolute Gasteiger partial charge is 0.755 e. The molecule has 0 amide bonds. The van der Waals surface area contributed by atoms with Crippen molar-refractivity contribution in [2.75, 3.05) is 4.31 Å². The van der Waals surface area contributed by atoms with Crippen molar-refractivity contribution in [3.05, 3.63) is 77.9 Å². The highest BCUT2D eigenvalue weighted by atomic mass is 32.2. The van der Waals surface area contributed by atoms with Crippen molar-refractivity contribution in [3.63, 3.8) is 0 Å². The van der Waals surface area contributed by atoms with Crippen molar-refractivity contribution >= 4 is 28.6 Å². The van der Waals surface area contributed by atoms with Crippen LogP contribution in [0.5, 0.6) is 5.75 Å². The van der Waals surface area contributed by atoms with E-state index in [0.717, 1.165) is 33.1 Å². The van der Waals surface area contributed by atoms with E-state index in [9.17, 15) is 18.7 Å². The van der Waals surface area contributed by atoms with Gasteiger partial charge in [-0.2, -0.15) is 0 Å². The molecule has 3 aromatic carbocycles. The van der Waals surface area contributed by atoms with E-state index >= 15 is 0 Å². The summed E-state index contributed by atoms with van der Waals surface area (Å²) in [5.74, 6) is -1.81. The molecule has 3 rings (SSSR count). The van der Waals surface area contributed by atoms with Gasteiger partial charge in [0.15, 0.2) is 0 Å². The third-order valence-electron chi connectivity index (χ3n) is 4.06. The average Bonchev–Trinajstić information content (AvgIpc) is 2.62.